The zero-order valence-corrected chi connectivity index (χ0v) is 21.7. The highest BCUT2D eigenvalue weighted by Gasteiger charge is 2.24. The molecular weight excluding hydrogens is 453 g/mol. The summed E-state index contributed by atoms with van der Waals surface area (Å²) in [5, 5.41) is 2.97. The van der Waals surface area contributed by atoms with Crippen molar-refractivity contribution in [3.05, 3.63) is 86.6 Å². The van der Waals surface area contributed by atoms with Gasteiger partial charge in [-0.1, -0.05) is 31.4 Å². The first-order valence-electron chi connectivity index (χ1n) is 12.9. The van der Waals surface area contributed by atoms with Gasteiger partial charge < -0.3 is 15.2 Å². The molecule has 6 heteroatoms. The van der Waals surface area contributed by atoms with Crippen molar-refractivity contribution in [1.29, 1.82) is 0 Å². The molecule has 1 aliphatic rings. The number of nitrogens with one attached hydrogen (secondary N) is 2. The van der Waals surface area contributed by atoms with Crippen LogP contribution in [0.15, 0.2) is 47.3 Å². The van der Waals surface area contributed by atoms with Crippen LogP contribution in [0.5, 0.6) is 0 Å². The molecule has 1 aliphatic carbocycles. The van der Waals surface area contributed by atoms with Crippen molar-refractivity contribution in [1.82, 2.24) is 10.3 Å². The highest BCUT2D eigenvalue weighted by atomic mass is 19.1. The van der Waals surface area contributed by atoms with E-state index < -0.39 is 0 Å². The van der Waals surface area contributed by atoms with Crippen LogP contribution in [0.2, 0.25) is 0 Å². The number of hydrogen-bond donors (Lipinski definition) is 2. The lowest BCUT2D eigenvalue weighted by Gasteiger charge is -2.37. The summed E-state index contributed by atoms with van der Waals surface area (Å²) in [6.45, 7) is 8.87. The van der Waals surface area contributed by atoms with Crippen LogP contribution in [-0.4, -0.2) is 23.5 Å². The monoisotopic (exact) mass is 489 g/mol. The Kier molecular flexibility index (Phi) is 7.92. The maximum atomic E-state index is 13.6. The van der Waals surface area contributed by atoms with Gasteiger partial charge in [0.2, 0.25) is 0 Å². The number of aromatic nitrogens is 1. The second-order valence-electron chi connectivity index (χ2n) is 9.88. The average Bonchev–Trinajstić information content (AvgIpc) is 2.86. The van der Waals surface area contributed by atoms with Gasteiger partial charge >= 0.3 is 0 Å². The summed E-state index contributed by atoms with van der Waals surface area (Å²) in [5.41, 5.74) is 6.28. The summed E-state index contributed by atoms with van der Waals surface area (Å²) < 4.78 is 13.6. The summed E-state index contributed by atoms with van der Waals surface area (Å²) in [4.78, 5) is 31.2. The highest BCUT2D eigenvalue weighted by Crippen LogP contribution is 2.35. The number of carbonyl (C=O) groups is 1. The molecule has 190 valence electrons. The van der Waals surface area contributed by atoms with E-state index in [0.717, 1.165) is 53.0 Å². The predicted octanol–water partition coefficient (Wildman–Crippen LogP) is 6.20. The maximum absolute atomic E-state index is 13.6. The predicted molar refractivity (Wildman–Crippen MR) is 144 cm³/mol. The zero-order chi connectivity index (χ0) is 25.8. The number of benzene rings is 2. The van der Waals surface area contributed by atoms with E-state index in [-0.39, 0.29) is 23.8 Å². The number of carbonyl (C=O) groups excluding carboxylic acids is 1. The van der Waals surface area contributed by atoms with E-state index in [1.165, 1.54) is 31.4 Å². The summed E-state index contributed by atoms with van der Waals surface area (Å²) in [5.74, 6) is -0.517. The molecule has 5 nitrogen and oxygen atoms in total. The zero-order valence-electron chi connectivity index (χ0n) is 21.7. The number of pyridine rings is 1. The number of nitrogens with zero attached hydrogens (tertiary/aromatic N) is 1. The van der Waals surface area contributed by atoms with Gasteiger partial charge in [0.1, 0.15) is 5.82 Å². The van der Waals surface area contributed by atoms with Crippen molar-refractivity contribution in [3.63, 3.8) is 0 Å². The van der Waals surface area contributed by atoms with E-state index in [2.05, 4.69) is 28.2 Å². The van der Waals surface area contributed by atoms with Gasteiger partial charge in [0.25, 0.3) is 11.5 Å². The Morgan fingerprint density at radius 3 is 2.36 bits per heavy atom. The van der Waals surface area contributed by atoms with Crippen LogP contribution < -0.4 is 15.8 Å². The maximum Gasteiger partial charge on any atom is 0.253 e. The first-order valence-corrected chi connectivity index (χ1v) is 12.9. The van der Waals surface area contributed by atoms with Gasteiger partial charge in [0.15, 0.2) is 0 Å². The molecule has 36 heavy (non-hydrogen) atoms. The number of aryl methyl sites for hydroxylation is 2. The van der Waals surface area contributed by atoms with Crippen molar-refractivity contribution >= 4 is 11.6 Å². The molecule has 0 aliphatic heterocycles. The fourth-order valence-electron chi connectivity index (χ4n) is 5.43. The number of anilines is 1. The second-order valence-corrected chi connectivity index (χ2v) is 9.88. The SMILES string of the molecule is CCN(c1cc(-c2ccc(F)cc2)cc(C(=O)NCc2c(C)cc(C)[nH]c2=O)c1C)C1CCCCC1. The van der Waals surface area contributed by atoms with Gasteiger partial charge in [0, 0.05) is 41.6 Å². The van der Waals surface area contributed by atoms with Gasteiger partial charge in [-0.05, 0) is 93.1 Å². The molecule has 1 heterocycles. The Morgan fingerprint density at radius 1 is 1.03 bits per heavy atom. The Labute approximate surface area is 212 Å². The molecule has 1 saturated carbocycles. The molecule has 0 radical (unpaired) electrons. The summed E-state index contributed by atoms with van der Waals surface area (Å²) >= 11 is 0. The Morgan fingerprint density at radius 2 is 1.72 bits per heavy atom. The standard InChI is InChI=1S/C30H36FN3O2/c1-5-34(25-9-7-6-8-10-25)28-17-23(22-11-13-24(31)14-12-22)16-26(21(28)4)29(35)32-18-27-19(2)15-20(3)33-30(27)36/h11-17,25H,5-10,18H2,1-4H3,(H,32,35)(H,33,36). The molecule has 0 atom stereocenters. The Hall–Kier alpha value is -3.41. The minimum atomic E-state index is -0.292. The van der Waals surface area contributed by atoms with Crippen LogP contribution in [0.3, 0.4) is 0 Å². The molecule has 1 amide bonds. The topological polar surface area (TPSA) is 65.2 Å². The fourth-order valence-corrected chi connectivity index (χ4v) is 5.43. The van der Waals surface area contributed by atoms with E-state index in [0.29, 0.717) is 17.2 Å². The Bertz CT molecular complexity index is 1290. The molecule has 1 aromatic heterocycles. The number of hydrogen-bond acceptors (Lipinski definition) is 3. The van der Waals surface area contributed by atoms with Crippen LogP contribution >= 0.6 is 0 Å². The van der Waals surface area contributed by atoms with Gasteiger partial charge in [-0.3, -0.25) is 9.59 Å². The number of rotatable bonds is 7. The second kappa shape index (κ2) is 11.1. The van der Waals surface area contributed by atoms with Crippen LogP contribution in [0.25, 0.3) is 11.1 Å². The van der Waals surface area contributed by atoms with Gasteiger partial charge in [-0.15, -0.1) is 0 Å². The molecule has 0 spiro atoms. The molecule has 2 aromatic carbocycles. The fraction of sp³-hybridized carbons (Fsp3) is 0.400. The minimum absolute atomic E-state index is 0.149. The third-order valence-electron chi connectivity index (χ3n) is 7.39. The van der Waals surface area contributed by atoms with E-state index in [1.807, 2.05) is 32.9 Å². The molecule has 0 bridgehead atoms. The van der Waals surface area contributed by atoms with Crippen molar-refractivity contribution in [2.24, 2.45) is 0 Å². The van der Waals surface area contributed by atoms with Crippen LogP contribution in [0, 0.1) is 26.6 Å². The lowest BCUT2D eigenvalue weighted by atomic mass is 9.91. The normalized spacial score (nSPS) is 14.0. The summed E-state index contributed by atoms with van der Waals surface area (Å²) in [6, 6.07) is 12.7. The molecule has 2 N–H and O–H groups in total. The van der Waals surface area contributed by atoms with Crippen molar-refractivity contribution < 1.29 is 9.18 Å². The number of halogens is 1. The van der Waals surface area contributed by atoms with Crippen LogP contribution in [0.1, 0.15) is 71.8 Å². The lowest BCUT2D eigenvalue weighted by molar-refractivity contribution is 0.0950. The van der Waals surface area contributed by atoms with Gasteiger partial charge in [-0.25, -0.2) is 4.39 Å². The molecule has 3 aromatic rings. The minimum Gasteiger partial charge on any atom is -0.369 e. The van der Waals surface area contributed by atoms with E-state index in [9.17, 15) is 14.0 Å². The summed E-state index contributed by atoms with van der Waals surface area (Å²) in [6.07, 6.45) is 6.00. The molecular formula is C30H36FN3O2. The molecule has 0 saturated heterocycles. The van der Waals surface area contributed by atoms with E-state index >= 15 is 0 Å². The van der Waals surface area contributed by atoms with E-state index in [4.69, 9.17) is 0 Å². The van der Waals surface area contributed by atoms with Crippen LogP contribution in [-0.2, 0) is 6.54 Å². The Balaban J connectivity index is 1.73. The quantitative estimate of drug-likeness (QED) is 0.416. The van der Waals surface area contributed by atoms with Crippen molar-refractivity contribution in [3.8, 4) is 11.1 Å². The number of aromatic amines is 1. The smallest absolute Gasteiger partial charge is 0.253 e. The van der Waals surface area contributed by atoms with Crippen molar-refractivity contribution in [2.75, 3.05) is 11.4 Å². The molecule has 1 fully saturated rings. The first-order chi connectivity index (χ1) is 17.3. The number of amides is 1. The highest BCUT2D eigenvalue weighted by molar-refractivity contribution is 5.99. The van der Waals surface area contributed by atoms with Crippen molar-refractivity contribution in [2.45, 2.75) is 72.4 Å². The average molecular weight is 490 g/mol. The third kappa shape index (κ3) is 5.53. The third-order valence-corrected chi connectivity index (χ3v) is 7.39. The molecule has 0 unspecified atom stereocenters. The van der Waals surface area contributed by atoms with E-state index in [1.54, 1.807) is 12.1 Å². The molecule has 4 rings (SSSR count). The van der Waals surface area contributed by atoms with Gasteiger partial charge in [-0.2, -0.15) is 0 Å². The van der Waals surface area contributed by atoms with Gasteiger partial charge in [0.05, 0.1) is 0 Å². The lowest BCUT2D eigenvalue weighted by Crippen LogP contribution is -2.37. The largest absolute Gasteiger partial charge is 0.369 e. The summed E-state index contributed by atoms with van der Waals surface area (Å²) in [7, 11) is 0. The van der Waals surface area contributed by atoms with Crippen LogP contribution in [0.4, 0.5) is 10.1 Å². The first kappa shape index (κ1) is 25.7. The number of H-pyrrole nitrogens is 1.